The summed E-state index contributed by atoms with van der Waals surface area (Å²) in [4.78, 5) is 12.5. The second kappa shape index (κ2) is 7.85. The standard InChI is InChI=1S/C22H34O4/c1-14(13-23)6-5-7-15(2)16-10-11-22(3)18(16)12-17-19(24)8-9-20(25-4)21(17)26-22/h10,14-15,18,20,23H,5-9,11-13H2,1-4H3. The number of methoxy groups -OCH3 is 1. The van der Waals surface area contributed by atoms with Crippen LogP contribution in [0.3, 0.4) is 0 Å². The molecule has 0 amide bonds. The average molecular weight is 363 g/mol. The first kappa shape index (κ1) is 19.6. The van der Waals surface area contributed by atoms with E-state index in [4.69, 9.17) is 9.47 Å². The summed E-state index contributed by atoms with van der Waals surface area (Å²) < 4.78 is 12.1. The number of carbonyl (C=O) groups is 1. The van der Waals surface area contributed by atoms with E-state index in [2.05, 4.69) is 26.8 Å². The van der Waals surface area contributed by atoms with E-state index in [1.54, 1.807) is 7.11 Å². The minimum Gasteiger partial charge on any atom is -0.488 e. The highest BCUT2D eigenvalue weighted by molar-refractivity contribution is 5.97. The van der Waals surface area contributed by atoms with Crippen molar-refractivity contribution in [1.29, 1.82) is 0 Å². The third-order valence-corrected chi connectivity index (χ3v) is 6.69. The van der Waals surface area contributed by atoms with E-state index in [9.17, 15) is 9.90 Å². The van der Waals surface area contributed by atoms with Gasteiger partial charge in [-0.3, -0.25) is 4.79 Å². The number of aliphatic hydroxyl groups excluding tert-OH is 1. The zero-order valence-corrected chi connectivity index (χ0v) is 16.7. The van der Waals surface area contributed by atoms with Gasteiger partial charge in [0.1, 0.15) is 17.5 Å². The topological polar surface area (TPSA) is 55.8 Å². The Morgan fingerprint density at radius 3 is 2.85 bits per heavy atom. The first-order valence-corrected chi connectivity index (χ1v) is 10.2. The van der Waals surface area contributed by atoms with E-state index < -0.39 is 0 Å². The van der Waals surface area contributed by atoms with Crippen LogP contribution in [0.25, 0.3) is 0 Å². The summed E-state index contributed by atoms with van der Waals surface area (Å²) in [5, 5.41) is 9.20. The number of carbonyl (C=O) groups excluding carboxylic acids is 1. The van der Waals surface area contributed by atoms with E-state index in [-0.39, 0.29) is 24.1 Å². The molecule has 0 aromatic rings. The molecular weight excluding hydrogens is 328 g/mol. The molecule has 5 atom stereocenters. The normalized spacial score (nSPS) is 33.3. The first-order valence-electron chi connectivity index (χ1n) is 10.2. The maximum Gasteiger partial charge on any atom is 0.162 e. The SMILES string of the molecule is COC1CCC(=O)C2=C1OC1(C)CC=C(C(C)CCCC(C)CO)C1C2. The lowest BCUT2D eigenvalue weighted by atomic mass is 9.73. The highest BCUT2D eigenvalue weighted by atomic mass is 16.5. The van der Waals surface area contributed by atoms with E-state index in [0.29, 0.717) is 24.2 Å². The monoisotopic (exact) mass is 362 g/mol. The number of rotatable bonds is 7. The Bertz CT molecular complexity index is 605. The number of allylic oxidation sites excluding steroid dienone is 1. The third-order valence-electron chi connectivity index (χ3n) is 6.69. The van der Waals surface area contributed by atoms with Crippen molar-refractivity contribution >= 4 is 5.78 Å². The van der Waals surface area contributed by atoms with Crippen molar-refractivity contribution in [3.8, 4) is 0 Å². The molecule has 2 aliphatic carbocycles. The molecule has 0 spiro atoms. The summed E-state index contributed by atoms with van der Waals surface area (Å²) in [7, 11) is 1.71. The fourth-order valence-electron chi connectivity index (χ4n) is 4.88. The number of hydrogen-bond acceptors (Lipinski definition) is 4. The Hall–Kier alpha value is -1.13. The molecule has 0 saturated carbocycles. The van der Waals surface area contributed by atoms with Gasteiger partial charge in [0.05, 0.1) is 0 Å². The van der Waals surface area contributed by atoms with Crippen LogP contribution < -0.4 is 0 Å². The van der Waals surface area contributed by atoms with Crippen molar-refractivity contribution in [3.05, 3.63) is 23.0 Å². The molecule has 0 aromatic heterocycles. The molecule has 4 nitrogen and oxygen atoms in total. The van der Waals surface area contributed by atoms with E-state index in [1.807, 2.05) is 0 Å². The molecule has 0 fully saturated rings. The van der Waals surface area contributed by atoms with Gasteiger partial charge in [0.25, 0.3) is 0 Å². The van der Waals surface area contributed by atoms with Crippen LogP contribution in [0.2, 0.25) is 0 Å². The van der Waals surface area contributed by atoms with Crippen molar-refractivity contribution in [2.24, 2.45) is 17.8 Å². The molecule has 5 unspecified atom stereocenters. The third kappa shape index (κ3) is 3.63. The quantitative estimate of drug-likeness (QED) is 0.690. The van der Waals surface area contributed by atoms with Gasteiger partial charge in [-0.15, -0.1) is 0 Å². The number of fused-ring (bicyclic) bond motifs is 1. The van der Waals surface area contributed by atoms with Gasteiger partial charge in [-0.2, -0.15) is 0 Å². The van der Waals surface area contributed by atoms with Crippen LogP contribution >= 0.6 is 0 Å². The number of hydrogen-bond donors (Lipinski definition) is 1. The molecule has 0 saturated heterocycles. The zero-order valence-electron chi connectivity index (χ0n) is 16.7. The molecule has 4 heteroatoms. The Morgan fingerprint density at radius 1 is 1.38 bits per heavy atom. The van der Waals surface area contributed by atoms with Crippen LogP contribution in [0.15, 0.2) is 23.0 Å². The maximum absolute atomic E-state index is 12.5. The van der Waals surface area contributed by atoms with Gasteiger partial charge in [0.15, 0.2) is 5.78 Å². The zero-order chi connectivity index (χ0) is 18.9. The number of ether oxygens (including phenoxy) is 2. The molecule has 3 rings (SSSR count). The van der Waals surface area contributed by atoms with E-state index >= 15 is 0 Å². The van der Waals surface area contributed by atoms with Crippen molar-refractivity contribution in [2.75, 3.05) is 13.7 Å². The highest BCUT2D eigenvalue weighted by Crippen LogP contribution is 2.52. The van der Waals surface area contributed by atoms with Gasteiger partial charge in [-0.1, -0.05) is 31.9 Å². The summed E-state index contributed by atoms with van der Waals surface area (Å²) in [6.07, 6.45) is 8.62. The molecule has 0 bridgehead atoms. The molecule has 1 N–H and O–H groups in total. The fraction of sp³-hybridized carbons (Fsp3) is 0.773. The van der Waals surface area contributed by atoms with Crippen LogP contribution in [0, 0.1) is 17.8 Å². The lowest BCUT2D eigenvalue weighted by molar-refractivity contribution is -0.122. The fourth-order valence-corrected chi connectivity index (χ4v) is 4.88. The van der Waals surface area contributed by atoms with Crippen LogP contribution in [0.5, 0.6) is 0 Å². The van der Waals surface area contributed by atoms with Crippen molar-refractivity contribution in [3.63, 3.8) is 0 Å². The molecule has 26 heavy (non-hydrogen) atoms. The van der Waals surface area contributed by atoms with Crippen molar-refractivity contribution in [2.45, 2.75) is 77.4 Å². The molecule has 1 heterocycles. The van der Waals surface area contributed by atoms with Gasteiger partial charge in [-0.05, 0) is 44.4 Å². The summed E-state index contributed by atoms with van der Waals surface area (Å²) in [5.74, 6) is 2.22. The Kier molecular flexibility index (Phi) is 5.93. The highest BCUT2D eigenvalue weighted by Gasteiger charge is 2.50. The average Bonchev–Trinajstić information content (AvgIpc) is 2.96. The van der Waals surface area contributed by atoms with Gasteiger partial charge in [0.2, 0.25) is 0 Å². The molecule has 0 aromatic carbocycles. The van der Waals surface area contributed by atoms with Crippen LogP contribution in [-0.2, 0) is 14.3 Å². The smallest absolute Gasteiger partial charge is 0.162 e. The Morgan fingerprint density at radius 2 is 2.15 bits per heavy atom. The summed E-state index contributed by atoms with van der Waals surface area (Å²) in [5.41, 5.74) is 2.09. The van der Waals surface area contributed by atoms with Crippen molar-refractivity contribution < 1.29 is 19.4 Å². The molecule has 0 radical (unpaired) electrons. The molecule has 1 aliphatic heterocycles. The van der Waals surface area contributed by atoms with Crippen LogP contribution in [0.4, 0.5) is 0 Å². The lowest BCUT2D eigenvalue weighted by Gasteiger charge is -2.44. The van der Waals surface area contributed by atoms with E-state index in [1.165, 1.54) is 5.57 Å². The lowest BCUT2D eigenvalue weighted by Crippen LogP contribution is -2.44. The Labute approximate surface area is 157 Å². The van der Waals surface area contributed by atoms with Gasteiger partial charge in [-0.25, -0.2) is 0 Å². The van der Waals surface area contributed by atoms with Crippen LogP contribution in [-0.4, -0.2) is 36.3 Å². The first-order chi connectivity index (χ1) is 12.4. The second-order valence-electron chi connectivity index (χ2n) is 8.73. The minimum atomic E-state index is -0.241. The van der Waals surface area contributed by atoms with Gasteiger partial charge in [0, 0.05) is 38.0 Å². The second-order valence-corrected chi connectivity index (χ2v) is 8.73. The minimum absolute atomic E-state index is 0.0677. The number of aliphatic hydroxyl groups is 1. The summed E-state index contributed by atoms with van der Waals surface area (Å²) in [6.45, 7) is 6.86. The van der Waals surface area contributed by atoms with Gasteiger partial charge < -0.3 is 14.6 Å². The molecular formula is C22H34O4. The maximum atomic E-state index is 12.5. The predicted molar refractivity (Wildman–Crippen MR) is 102 cm³/mol. The summed E-state index contributed by atoms with van der Waals surface area (Å²) in [6, 6.07) is 0. The Balaban J connectivity index is 1.72. The predicted octanol–water partition coefficient (Wildman–Crippen LogP) is 4.18. The largest absolute Gasteiger partial charge is 0.488 e. The number of ketones is 1. The van der Waals surface area contributed by atoms with E-state index in [0.717, 1.165) is 49.9 Å². The van der Waals surface area contributed by atoms with Gasteiger partial charge >= 0.3 is 0 Å². The van der Waals surface area contributed by atoms with Crippen molar-refractivity contribution in [1.82, 2.24) is 0 Å². The molecule has 146 valence electrons. The van der Waals surface area contributed by atoms with Crippen LogP contribution in [0.1, 0.15) is 65.7 Å². The summed E-state index contributed by atoms with van der Waals surface area (Å²) >= 11 is 0. The number of Topliss-reactive ketones (excluding diaryl/α,β-unsaturated/α-hetero) is 1. The molecule has 3 aliphatic rings.